The first kappa shape index (κ1) is 20.0. The predicted molar refractivity (Wildman–Crippen MR) is 87.0 cm³/mol. The molecule has 0 saturated heterocycles. The van der Waals surface area contributed by atoms with E-state index in [1.54, 1.807) is 20.8 Å². The Kier molecular flexibility index (Phi) is 5.99. The van der Waals surface area contributed by atoms with Crippen LogP contribution in [0.25, 0.3) is 0 Å². The molecular weight excluding hydrogens is 339 g/mol. The number of hydrogen-bond acceptors (Lipinski definition) is 5. The van der Waals surface area contributed by atoms with E-state index in [4.69, 9.17) is 20.3 Å². The van der Waals surface area contributed by atoms with E-state index in [0.717, 1.165) is 6.07 Å². The molecular formula is C14H21N2O7P. The highest BCUT2D eigenvalue weighted by Crippen LogP contribution is 2.35. The van der Waals surface area contributed by atoms with Crippen LogP contribution in [0.4, 0.5) is 10.5 Å². The maximum Gasteiger partial charge on any atom is 0.408 e. The molecule has 134 valence electrons. The molecule has 0 aliphatic carbocycles. The minimum atomic E-state index is -4.51. The molecule has 10 heteroatoms. The molecule has 6 N–H and O–H groups in total. The lowest BCUT2D eigenvalue weighted by Crippen LogP contribution is -2.44. The van der Waals surface area contributed by atoms with Crippen LogP contribution >= 0.6 is 7.60 Å². The molecule has 0 fully saturated rings. The van der Waals surface area contributed by atoms with Gasteiger partial charge in [-0.15, -0.1) is 0 Å². The summed E-state index contributed by atoms with van der Waals surface area (Å²) < 4.78 is 16.2. The molecule has 0 heterocycles. The first-order valence-electron chi connectivity index (χ1n) is 6.96. The fourth-order valence-electron chi connectivity index (χ4n) is 1.88. The second-order valence-corrected chi connectivity index (χ2v) is 7.75. The number of carbonyl (C=O) groups excluding carboxylic acids is 1. The number of carboxylic acids is 1. The van der Waals surface area contributed by atoms with Gasteiger partial charge in [-0.1, -0.05) is 6.07 Å². The lowest BCUT2D eigenvalue weighted by atomic mass is 10.1. The Bertz CT molecular complexity index is 678. The molecule has 0 aromatic heterocycles. The highest BCUT2D eigenvalue weighted by atomic mass is 31.2. The summed E-state index contributed by atoms with van der Waals surface area (Å²) in [6.45, 7) is 4.93. The molecule has 1 rings (SSSR count). The van der Waals surface area contributed by atoms with Crippen LogP contribution < -0.4 is 16.4 Å². The van der Waals surface area contributed by atoms with Gasteiger partial charge in [0.15, 0.2) is 0 Å². The summed E-state index contributed by atoms with van der Waals surface area (Å²) in [6.07, 6.45) is -1.00. The van der Waals surface area contributed by atoms with Crippen molar-refractivity contribution in [2.24, 2.45) is 0 Å². The van der Waals surface area contributed by atoms with Crippen molar-refractivity contribution in [3.05, 3.63) is 23.8 Å². The summed E-state index contributed by atoms with van der Waals surface area (Å²) >= 11 is 0. The van der Waals surface area contributed by atoms with E-state index in [-0.39, 0.29) is 17.4 Å². The molecule has 0 spiro atoms. The van der Waals surface area contributed by atoms with Crippen LogP contribution in [0.2, 0.25) is 0 Å². The van der Waals surface area contributed by atoms with Gasteiger partial charge in [-0.25, -0.2) is 9.59 Å². The van der Waals surface area contributed by atoms with Crippen molar-refractivity contribution in [3.63, 3.8) is 0 Å². The summed E-state index contributed by atoms with van der Waals surface area (Å²) in [6, 6.07) is 2.47. The minimum absolute atomic E-state index is 0.125. The van der Waals surface area contributed by atoms with Crippen molar-refractivity contribution < 1.29 is 33.8 Å². The van der Waals surface area contributed by atoms with Gasteiger partial charge in [0.25, 0.3) is 0 Å². The molecule has 0 saturated carbocycles. The van der Waals surface area contributed by atoms with Crippen molar-refractivity contribution in [1.82, 2.24) is 5.32 Å². The van der Waals surface area contributed by atoms with Gasteiger partial charge in [0.05, 0.1) is 5.30 Å². The number of alkyl carbamates (subject to hydrolysis) is 1. The predicted octanol–water partition coefficient (Wildman–Crippen LogP) is 0.592. The molecule has 24 heavy (non-hydrogen) atoms. The summed E-state index contributed by atoms with van der Waals surface area (Å²) in [4.78, 5) is 41.2. The van der Waals surface area contributed by atoms with E-state index in [1.807, 2.05) is 0 Å². The van der Waals surface area contributed by atoms with Crippen molar-refractivity contribution in [1.29, 1.82) is 0 Å². The maximum atomic E-state index is 11.7. The molecule has 1 amide bonds. The molecule has 0 bridgehead atoms. The maximum absolute atomic E-state index is 11.7. The number of aliphatic carboxylic acids is 1. The van der Waals surface area contributed by atoms with E-state index in [2.05, 4.69) is 5.32 Å². The summed E-state index contributed by atoms with van der Waals surface area (Å²) in [7, 11) is -4.51. The van der Waals surface area contributed by atoms with Gasteiger partial charge >= 0.3 is 19.7 Å². The fraction of sp³-hybridized carbons (Fsp3) is 0.429. The van der Waals surface area contributed by atoms with Crippen molar-refractivity contribution in [2.45, 2.75) is 38.8 Å². The average Bonchev–Trinajstić information content (AvgIpc) is 2.33. The molecule has 9 nitrogen and oxygen atoms in total. The normalized spacial score (nSPS) is 13.2. The van der Waals surface area contributed by atoms with Crippen LogP contribution in [0.5, 0.6) is 0 Å². The van der Waals surface area contributed by atoms with Crippen LogP contribution in [0.15, 0.2) is 18.2 Å². The molecule has 0 radical (unpaired) electrons. The largest absolute Gasteiger partial charge is 0.480 e. The number of carboxylic acid groups (broad SMARTS) is 1. The molecule has 0 aliphatic rings. The third-order valence-corrected chi connectivity index (χ3v) is 3.87. The zero-order chi connectivity index (χ0) is 18.7. The van der Waals surface area contributed by atoms with Gasteiger partial charge in [-0.3, -0.25) is 4.57 Å². The first-order chi connectivity index (χ1) is 10.8. The zero-order valence-corrected chi connectivity index (χ0v) is 14.4. The lowest BCUT2D eigenvalue weighted by Gasteiger charge is -2.22. The third kappa shape index (κ3) is 6.19. The number of carbonyl (C=O) groups is 2. The van der Waals surface area contributed by atoms with E-state index < -0.39 is 31.3 Å². The number of rotatable bonds is 5. The van der Waals surface area contributed by atoms with E-state index in [0.29, 0.717) is 5.56 Å². The van der Waals surface area contributed by atoms with Gasteiger partial charge in [0, 0.05) is 12.1 Å². The van der Waals surface area contributed by atoms with Gasteiger partial charge in [0.1, 0.15) is 11.6 Å². The van der Waals surface area contributed by atoms with Crippen molar-refractivity contribution in [2.75, 3.05) is 5.73 Å². The van der Waals surface area contributed by atoms with Crippen LogP contribution in [0.1, 0.15) is 26.3 Å². The minimum Gasteiger partial charge on any atom is -0.480 e. The monoisotopic (exact) mass is 360 g/mol. The molecule has 1 atom stereocenters. The van der Waals surface area contributed by atoms with Crippen LogP contribution in [0, 0.1) is 0 Å². The second-order valence-electron chi connectivity index (χ2n) is 6.18. The number of amides is 1. The van der Waals surface area contributed by atoms with Gasteiger partial charge in [-0.2, -0.15) is 0 Å². The number of nitrogens with two attached hydrogens (primary N) is 1. The number of hydrogen-bond donors (Lipinski definition) is 5. The Balaban J connectivity index is 2.90. The van der Waals surface area contributed by atoms with Gasteiger partial charge in [-0.05, 0) is 38.5 Å². The van der Waals surface area contributed by atoms with Crippen molar-refractivity contribution in [3.8, 4) is 0 Å². The standard InChI is InChI=1S/C14H21N2O7P/c1-14(2,3)23-13(19)16-10(12(17)18)7-8-4-5-11(9(15)6-8)24(20,21)22/h4-6,10H,7,15H2,1-3H3,(H,16,19)(H,17,18)(H2,20,21,22)/t10-/m1/s1. The van der Waals surface area contributed by atoms with Gasteiger partial charge < -0.3 is 30.7 Å². The second kappa shape index (κ2) is 7.21. The number of benzene rings is 1. The molecule has 0 aliphatic heterocycles. The number of ether oxygens (including phenoxy) is 1. The smallest absolute Gasteiger partial charge is 0.408 e. The van der Waals surface area contributed by atoms with E-state index in [9.17, 15) is 19.3 Å². The summed E-state index contributed by atoms with van der Waals surface area (Å²) in [5.41, 5.74) is 5.06. The van der Waals surface area contributed by atoms with E-state index >= 15 is 0 Å². The third-order valence-electron chi connectivity index (χ3n) is 2.83. The fourth-order valence-corrected chi connectivity index (χ4v) is 2.55. The molecule has 1 aromatic rings. The summed E-state index contributed by atoms with van der Waals surface area (Å²) in [5.74, 6) is -1.28. The Morgan fingerprint density at radius 2 is 1.92 bits per heavy atom. The highest BCUT2D eigenvalue weighted by Gasteiger charge is 2.25. The highest BCUT2D eigenvalue weighted by molar-refractivity contribution is 7.60. The van der Waals surface area contributed by atoms with Crippen molar-refractivity contribution >= 4 is 30.7 Å². The molecule has 0 unspecified atom stereocenters. The zero-order valence-electron chi connectivity index (χ0n) is 13.5. The van der Waals surface area contributed by atoms with Crippen LogP contribution in [-0.4, -0.2) is 38.6 Å². The molecule has 1 aromatic carbocycles. The number of nitrogens with one attached hydrogen (secondary N) is 1. The van der Waals surface area contributed by atoms with E-state index in [1.165, 1.54) is 12.1 Å². The Labute approximate surface area is 139 Å². The quantitative estimate of drug-likeness (QED) is 0.377. The summed E-state index contributed by atoms with van der Waals surface area (Å²) in [5, 5.41) is 11.1. The van der Waals surface area contributed by atoms with Gasteiger partial charge in [0.2, 0.25) is 0 Å². The Hall–Kier alpha value is -2.09. The average molecular weight is 360 g/mol. The SMILES string of the molecule is CC(C)(C)OC(=O)N[C@H](Cc1ccc(P(=O)(O)O)c(N)c1)C(=O)O. The number of anilines is 1. The Morgan fingerprint density at radius 1 is 1.33 bits per heavy atom. The lowest BCUT2D eigenvalue weighted by molar-refractivity contribution is -0.139. The first-order valence-corrected chi connectivity index (χ1v) is 8.57. The topological polar surface area (TPSA) is 159 Å². The Morgan fingerprint density at radius 3 is 2.33 bits per heavy atom. The van der Waals surface area contributed by atoms with Crippen LogP contribution in [0.3, 0.4) is 0 Å². The number of nitrogen functional groups attached to an aromatic ring is 1. The van der Waals surface area contributed by atoms with Crippen LogP contribution in [-0.2, 0) is 20.5 Å².